The quantitative estimate of drug-likeness (QED) is 0.901. The van der Waals surface area contributed by atoms with Gasteiger partial charge in [0.05, 0.1) is 6.10 Å². The third-order valence-electron chi connectivity index (χ3n) is 3.86. The maximum absolute atomic E-state index is 9.66. The number of anilines is 1. The first-order valence-electron chi connectivity index (χ1n) is 6.87. The molecule has 100 valence electrons. The summed E-state index contributed by atoms with van der Waals surface area (Å²) in [5.74, 6) is 0. The number of aliphatic hydroxyl groups excluding tert-OH is 1. The van der Waals surface area contributed by atoms with Crippen LogP contribution in [0.5, 0.6) is 0 Å². The summed E-state index contributed by atoms with van der Waals surface area (Å²) in [6, 6.07) is 6.99. The normalized spacial score (nSPS) is 22.0. The van der Waals surface area contributed by atoms with Crippen LogP contribution in [0.3, 0.4) is 0 Å². The van der Waals surface area contributed by atoms with Crippen molar-refractivity contribution in [3.63, 3.8) is 0 Å². The molecule has 1 fully saturated rings. The van der Waals surface area contributed by atoms with Gasteiger partial charge in [0.25, 0.3) is 0 Å². The highest BCUT2D eigenvalue weighted by Gasteiger charge is 2.21. The molecule has 1 aromatic carbocycles. The second-order valence-electron chi connectivity index (χ2n) is 5.13. The van der Waals surface area contributed by atoms with Crippen molar-refractivity contribution in [3.8, 4) is 0 Å². The van der Waals surface area contributed by atoms with Crippen LogP contribution in [0.25, 0.3) is 0 Å². The summed E-state index contributed by atoms with van der Waals surface area (Å²) in [5, 5.41) is 9.66. The number of rotatable bonds is 3. The van der Waals surface area contributed by atoms with Gasteiger partial charge in [-0.05, 0) is 50.3 Å². The molecular formula is C15H22BrNO. The number of nitrogens with zero attached hydrogens (tertiary/aromatic N) is 1. The largest absolute Gasteiger partial charge is 0.389 e. The highest BCUT2D eigenvalue weighted by atomic mass is 79.9. The molecule has 0 radical (unpaired) electrons. The Kier molecular flexibility index (Phi) is 4.68. The fraction of sp³-hybridized carbons (Fsp3) is 0.600. The summed E-state index contributed by atoms with van der Waals surface area (Å²) in [6.07, 6.45) is 4.72. The molecule has 0 aromatic heterocycles. The number of hydrogen-bond donors (Lipinski definition) is 1. The first-order valence-corrected chi connectivity index (χ1v) is 7.67. The molecule has 0 aliphatic carbocycles. The van der Waals surface area contributed by atoms with Crippen LogP contribution in [0.1, 0.15) is 51.2 Å². The topological polar surface area (TPSA) is 23.5 Å². The van der Waals surface area contributed by atoms with Crippen LogP contribution < -0.4 is 4.90 Å². The van der Waals surface area contributed by atoms with E-state index in [9.17, 15) is 5.11 Å². The van der Waals surface area contributed by atoms with E-state index in [1.807, 2.05) is 6.07 Å². The number of halogens is 1. The molecule has 0 bridgehead atoms. The molecule has 2 nitrogen and oxygen atoms in total. The lowest BCUT2D eigenvalue weighted by molar-refractivity contribution is 0.198. The maximum atomic E-state index is 9.66. The molecule has 1 unspecified atom stereocenters. The van der Waals surface area contributed by atoms with E-state index in [4.69, 9.17) is 0 Å². The zero-order valence-electron chi connectivity index (χ0n) is 11.2. The zero-order valence-corrected chi connectivity index (χ0v) is 12.8. The van der Waals surface area contributed by atoms with Crippen molar-refractivity contribution >= 4 is 21.6 Å². The Morgan fingerprint density at radius 3 is 2.83 bits per heavy atom. The zero-order chi connectivity index (χ0) is 13.1. The van der Waals surface area contributed by atoms with Crippen molar-refractivity contribution in [2.45, 2.75) is 51.7 Å². The smallest absolute Gasteiger partial charge is 0.0772 e. The summed E-state index contributed by atoms with van der Waals surface area (Å²) >= 11 is 3.57. The highest BCUT2D eigenvalue weighted by Crippen LogP contribution is 2.32. The van der Waals surface area contributed by atoms with Crippen LogP contribution >= 0.6 is 15.9 Å². The predicted molar refractivity (Wildman–Crippen MR) is 80.1 cm³/mol. The van der Waals surface area contributed by atoms with E-state index in [1.165, 1.54) is 31.4 Å². The number of aliphatic hydroxyl groups is 1. The lowest BCUT2D eigenvalue weighted by atomic mass is 9.98. The van der Waals surface area contributed by atoms with E-state index < -0.39 is 6.10 Å². The van der Waals surface area contributed by atoms with Gasteiger partial charge in [-0.3, -0.25) is 0 Å². The minimum Gasteiger partial charge on any atom is -0.389 e. The van der Waals surface area contributed by atoms with Crippen LogP contribution in [0.2, 0.25) is 0 Å². The minimum absolute atomic E-state index is 0.420. The van der Waals surface area contributed by atoms with Gasteiger partial charge < -0.3 is 10.0 Å². The molecule has 1 aliphatic heterocycles. The summed E-state index contributed by atoms with van der Waals surface area (Å²) in [4.78, 5) is 2.51. The molecule has 18 heavy (non-hydrogen) atoms. The van der Waals surface area contributed by atoms with Gasteiger partial charge in [-0.15, -0.1) is 0 Å². The molecule has 1 saturated heterocycles. The van der Waals surface area contributed by atoms with Crippen molar-refractivity contribution in [1.29, 1.82) is 0 Å². The molecule has 0 saturated carbocycles. The summed E-state index contributed by atoms with van der Waals surface area (Å²) in [6.45, 7) is 5.22. The van der Waals surface area contributed by atoms with Crippen molar-refractivity contribution in [2.24, 2.45) is 0 Å². The minimum atomic E-state index is -0.420. The number of piperidine rings is 1. The molecule has 3 heteroatoms. The van der Waals surface area contributed by atoms with Crippen LogP contribution in [0.15, 0.2) is 22.7 Å². The van der Waals surface area contributed by atoms with Crippen molar-refractivity contribution in [2.75, 3.05) is 11.4 Å². The van der Waals surface area contributed by atoms with Crippen LogP contribution in [0, 0.1) is 0 Å². The van der Waals surface area contributed by atoms with Crippen molar-refractivity contribution < 1.29 is 5.11 Å². The Morgan fingerprint density at radius 2 is 2.22 bits per heavy atom. The Labute approximate surface area is 118 Å². The molecule has 1 aromatic rings. The van der Waals surface area contributed by atoms with Gasteiger partial charge in [0.2, 0.25) is 0 Å². The van der Waals surface area contributed by atoms with E-state index in [-0.39, 0.29) is 0 Å². The third-order valence-corrected chi connectivity index (χ3v) is 4.55. The van der Waals surface area contributed by atoms with E-state index in [0.29, 0.717) is 6.04 Å². The predicted octanol–water partition coefficient (Wildman–Crippen LogP) is 4.27. The second-order valence-corrected chi connectivity index (χ2v) is 5.99. The summed E-state index contributed by atoms with van der Waals surface area (Å²) in [5.41, 5.74) is 2.24. The van der Waals surface area contributed by atoms with Gasteiger partial charge in [0.15, 0.2) is 0 Å². The van der Waals surface area contributed by atoms with Gasteiger partial charge in [0, 0.05) is 22.7 Å². The summed E-state index contributed by atoms with van der Waals surface area (Å²) in [7, 11) is 0. The Hall–Kier alpha value is -0.540. The standard InChI is InChI=1S/C15H22BrNO/c1-3-12-6-4-5-9-17(12)13-7-8-14(11(2)18)15(16)10-13/h7-8,10-12,18H,3-6,9H2,1-2H3/t11-,12?/m0/s1. The lowest BCUT2D eigenvalue weighted by Crippen LogP contribution is -2.39. The van der Waals surface area contributed by atoms with Crippen LogP contribution in [-0.4, -0.2) is 17.7 Å². The molecule has 2 rings (SSSR count). The first kappa shape index (κ1) is 13.9. The average Bonchev–Trinajstić information content (AvgIpc) is 2.38. The number of benzene rings is 1. The second kappa shape index (κ2) is 6.07. The molecular weight excluding hydrogens is 290 g/mol. The highest BCUT2D eigenvalue weighted by molar-refractivity contribution is 9.10. The van der Waals surface area contributed by atoms with Gasteiger partial charge in [-0.2, -0.15) is 0 Å². The fourth-order valence-corrected chi connectivity index (χ4v) is 3.50. The van der Waals surface area contributed by atoms with Gasteiger partial charge >= 0.3 is 0 Å². The Bertz CT molecular complexity index is 405. The van der Waals surface area contributed by atoms with E-state index in [0.717, 1.165) is 16.6 Å². The molecule has 1 heterocycles. The number of hydrogen-bond acceptors (Lipinski definition) is 2. The van der Waals surface area contributed by atoms with Gasteiger partial charge in [0.1, 0.15) is 0 Å². The van der Waals surface area contributed by atoms with Crippen LogP contribution in [0.4, 0.5) is 5.69 Å². The Balaban J connectivity index is 2.24. The van der Waals surface area contributed by atoms with E-state index >= 15 is 0 Å². The van der Waals surface area contributed by atoms with Gasteiger partial charge in [-0.1, -0.05) is 28.9 Å². The third kappa shape index (κ3) is 2.89. The molecule has 1 aliphatic rings. The molecule has 1 N–H and O–H groups in total. The lowest BCUT2D eigenvalue weighted by Gasteiger charge is -2.37. The first-order chi connectivity index (χ1) is 8.63. The Morgan fingerprint density at radius 1 is 1.44 bits per heavy atom. The van der Waals surface area contributed by atoms with Crippen molar-refractivity contribution in [3.05, 3.63) is 28.2 Å². The van der Waals surface area contributed by atoms with E-state index in [1.54, 1.807) is 6.92 Å². The SMILES string of the molecule is CCC1CCCCN1c1ccc([C@H](C)O)c(Br)c1. The molecule has 2 atom stereocenters. The summed E-state index contributed by atoms with van der Waals surface area (Å²) < 4.78 is 1.01. The van der Waals surface area contributed by atoms with E-state index in [2.05, 4.69) is 39.9 Å². The van der Waals surface area contributed by atoms with Crippen molar-refractivity contribution in [1.82, 2.24) is 0 Å². The molecule has 0 amide bonds. The monoisotopic (exact) mass is 311 g/mol. The molecule has 0 spiro atoms. The van der Waals surface area contributed by atoms with Gasteiger partial charge in [-0.25, -0.2) is 0 Å². The van der Waals surface area contributed by atoms with Crippen LogP contribution in [-0.2, 0) is 0 Å². The average molecular weight is 312 g/mol. The maximum Gasteiger partial charge on any atom is 0.0772 e. The fourth-order valence-electron chi connectivity index (χ4n) is 2.80.